The summed E-state index contributed by atoms with van der Waals surface area (Å²) in [6, 6.07) is 8.75. The van der Waals surface area contributed by atoms with Crippen LogP contribution in [0.15, 0.2) is 30.3 Å². The second-order valence-corrected chi connectivity index (χ2v) is 9.33. The lowest BCUT2D eigenvalue weighted by Gasteiger charge is -2.46. The topological polar surface area (TPSA) is 66.8 Å². The van der Waals surface area contributed by atoms with Gasteiger partial charge >= 0.3 is 5.97 Å². The molecule has 1 aromatic rings. The van der Waals surface area contributed by atoms with Gasteiger partial charge in [0.25, 0.3) is 0 Å². The van der Waals surface area contributed by atoms with Crippen LogP contribution < -0.4 is 0 Å². The molecule has 28 heavy (non-hydrogen) atoms. The standard InChI is InChI=1S/C23H33NO4/c1-5-18(16-9-7-6-8-10-16)20(25)24-19(21(26)27)15-28-23(24)13-11-17(12-14-23)22(2,3)4/h6-10,17-19H,5,11-15H2,1-4H3,(H,26,27)/t17?,18-,19-,23?/m1/s1. The average Bonchev–Trinajstić information content (AvgIpc) is 3.01. The van der Waals surface area contributed by atoms with Crippen molar-refractivity contribution >= 4 is 11.9 Å². The maximum atomic E-state index is 13.6. The molecule has 1 heterocycles. The SMILES string of the molecule is CC[C@@H](C(=O)N1[C@@H](C(=O)O)COC12CCC(C(C)(C)C)CC2)c1ccccc1. The number of carbonyl (C=O) groups excluding carboxylic acids is 1. The van der Waals surface area contributed by atoms with E-state index >= 15 is 0 Å². The maximum Gasteiger partial charge on any atom is 0.328 e. The summed E-state index contributed by atoms with van der Waals surface area (Å²) < 4.78 is 6.10. The molecule has 0 unspecified atom stereocenters. The fraction of sp³-hybridized carbons (Fsp3) is 0.652. The highest BCUT2D eigenvalue weighted by atomic mass is 16.5. The lowest BCUT2D eigenvalue weighted by atomic mass is 9.70. The van der Waals surface area contributed by atoms with Gasteiger partial charge in [-0.05, 0) is 49.0 Å². The van der Waals surface area contributed by atoms with E-state index in [4.69, 9.17) is 4.74 Å². The van der Waals surface area contributed by atoms with E-state index in [1.165, 1.54) is 0 Å². The Labute approximate surface area is 168 Å². The lowest BCUT2D eigenvalue weighted by Crippen LogP contribution is -2.56. The Balaban J connectivity index is 1.90. The van der Waals surface area contributed by atoms with Crippen LogP contribution in [-0.4, -0.2) is 40.3 Å². The Morgan fingerprint density at radius 3 is 2.32 bits per heavy atom. The largest absolute Gasteiger partial charge is 0.480 e. The molecule has 1 N–H and O–H groups in total. The molecule has 2 atom stereocenters. The Morgan fingerprint density at radius 1 is 1.21 bits per heavy atom. The predicted molar refractivity (Wildman–Crippen MR) is 108 cm³/mol. The highest BCUT2D eigenvalue weighted by Gasteiger charge is 2.55. The van der Waals surface area contributed by atoms with Crippen LogP contribution >= 0.6 is 0 Å². The first-order chi connectivity index (χ1) is 13.2. The van der Waals surface area contributed by atoms with Crippen molar-refractivity contribution in [2.24, 2.45) is 11.3 Å². The van der Waals surface area contributed by atoms with Gasteiger partial charge in [-0.3, -0.25) is 9.69 Å². The zero-order valence-electron chi connectivity index (χ0n) is 17.5. The fourth-order valence-corrected chi connectivity index (χ4v) is 4.92. The highest BCUT2D eigenvalue weighted by Crippen LogP contribution is 2.48. The molecular formula is C23H33NO4. The van der Waals surface area contributed by atoms with E-state index in [0.717, 1.165) is 18.4 Å². The van der Waals surface area contributed by atoms with Crippen LogP contribution in [0.2, 0.25) is 0 Å². The summed E-state index contributed by atoms with van der Waals surface area (Å²) in [4.78, 5) is 27.2. The van der Waals surface area contributed by atoms with Gasteiger partial charge < -0.3 is 9.84 Å². The zero-order chi connectivity index (χ0) is 20.5. The fourth-order valence-electron chi connectivity index (χ4n) is 4.92. The molecule has 5 nitrogen and oxygen atoms in total. The third-order valence-corrected chi connectivity index (χ3v) is 6.68. The number of amides is 1. The van der Waals surface area contributed by atoms with E-state index in [1.54, 1.807) is 4.90 Å². The van der Waals surface area contributed by atoms with Crippen LogP contribution in [0.3, 0.4) is 0 Å². The summed E-state index contributed by atoms with van der Waals surface area (Å²) in [7, 11) is 0. The van der Waals surface area contributed by atoms with Gasteiger partial charge in [0.15, 0.2) is 6.04 Å². The van der Waals surface area contributed by atoms with Crippen LogP contribution in [0.5, 0.6) is 0 Å². The zero-order valence-corrected chi connectivity index (χ0v) is 17.5. The summed E-state index contributed by atoms with van der Waals surface area (Å²) in [5.74, 6) is -0.889. The quantitative estimate of drug-likeness (QED) is 0.830. The van der Waals surface area contributed by atoms with Crippen molar-refractivity contribution in [2.75, 3.05) is 6.61 Å². The second kappa shape index (κ2) is 7.86. The number of aliphatic carboxylic acids is 1. The number of carboxylic acids is 1. The molecule has 2 fully saturated rings. The van der Waals surface area contributed by atoms with Crippen molar-refractivity contribution in [1.29, 1.82) is 0 Å². The first-order valence-corrected chi connectivity index (χ1v) is 10.4. The molecule has 2 aliphatic rings. The third kappa shape index (κ3) is 3.82. The molecule has 5 heteroatoms. The van der Waals surface area contributed by atoms with Gasteiger partial charge in [-0.25, -0.2) is 4.79 Å². The Kier molecular flexibility index (Phi) is 5.85. The average molecular weight is 388 g/mol. The lowest BCUT2D eigenvalue weighted by molar-refractivity contribution is -0.167. The molecule has 0 aromatic heterocycles. The van der Waals surface area contributed by atoms with Crippen molar-refractivity contribution in [1.82, 2.24) is 4.90 Å². The smallest absolute Gasteiger partial charge is 0.328 e. The van der Waals surface area contributed by atoms with Gasteiger partial charge in [0.05, 0.1) is 12.5 Å². The van der Waals surface area contributed by atoms with Crippen molar-refractivity contribution in [3.05, 3.63) is 35.9 Å². The molecule has 1 saturated carbocycles. The summed E-state index contributed by atoms with van der Waals surface area (Å²) in [6.45, 7) is 8.79. The molecule has 1 amide bonds. The van der Waals surface area contributed by atoms with Crippen molar-refractivity contribution in [3.8, 4) is 0 Å². The number of hydrogen-bond acceptors (Lipinski definition) is 3. The first-order valence-electron chi connectivity index (χ1n) is 10.4. The number of carbonyl (C=O) groups is 2. The van der Waals surface area contributed by atoms with Gasteiger partial charge in [0.2, 0.25) is 5.91 Å². The van der Waals surface area contributed by atoms with Gasteiger partial charge in [-0.15, -0.1) is 0 Å². The Bertz CT molecular complexity index is 701. The van der Waals surface area contributed by atoms with Crippen LogP contribution in [0.1, 0.15) is 71.3 Å². The molecule has 1 aliphatic heterocycles. The molecular weight excluding hydrogens is 354 g/mol. The van der Waals surface area contributed by atoms with E-state index < -0.39 is 17.7 Å². The monoisotopic (exact) mass is 387 g/mol. The molecule has 3 rings (SSSR count). The summed E-state index contributed by atoms with van der Waals surface area (Å²) in [6.07, 6.45) is 3.93. The van der Waals surface area contributed by atoms with Crippen LogP contribution in [0.25, 0.3) is 0 Å². The highest BCUT2D eigenvalue weighted by molar-refractivity contribution is 5.89. The molecule has 154 valence electrons. The minimum atomic E-state index is -0.980. The Morgan fingerprint density at radius 2 is 1.82 bits per heavy atom. The van der Waals surface area contributed by atoms with Crippen LogP contribution in [-0.2, 0) is 14.3 Å². The number of ether oxygens (including phenoxy) is 1. The van der Waals surface area contributed by atoms with E-state index in [1.807, 2.05) is 37.3 Å². The van der Waals surface area contributed by atoms with Crippen LogP contribution in [0.4, 0.5) is 0 Å². The normalized spacial score (nSPS) is 29.1. The summed E-state index contributed by atoms with van der Waals surface area (Å²) in [5.41, 5.74) is 0.367. The molecule has 0 bridgehead atoms. The number of carboxylic acid groups (broad SMARTS) is 1. The van der Waals surface area contributed by atoms with Crippen molar-refractivity contribution in [3.63, 3.8) is 0 Å². The second-order valence-electron chi connectivity index (χ2n) is 9.33. The maximum absolute atomic E-state index is 13.6. The van der Waals surface area contributed by atoms with E-state index in [9.17, 15) is 14.7 Å². The number of hydrogen-bond donors (Lipinski definition) is 1. The minimum Gasteiger partial charge on any atom is -0.480 e. The van der Waals surface area contributed by atoms with E-state index in [-0.39, 0.29) is 23.8 Å². The third-order valence-electron chi connectivity index (χ3n) is 6.68. The summed E-state index contributed by atoms with van der Waals surface area (Å²) >= 11 is 0. The van der Waals surface area contributed by atoms with E-state index in [0.29, 0.717) is 25.2 Å². The summed E-state index contributed by atoms with van der Waals surface area (Å²) in [5, 5.41) is 9.78. The molecule has 1 aliphatic carbocycles. The van der Waals surface area contributed by atoms with Gasteiger partial charge in [-0.2, -0.15) is 0 Å². The number of nitrogens with zero attached hydrogens (tertiary/aromatic N) is 1. The Hall–Kier alpha value is -1.88. The number of benzene rings is 1. The molecule has 1 saturated heterocycles. The van der Waals surface area contributed by atoms with Crippen LogP contribution in [0, 0.1) is 11.3 Å². The predicted octanol–water partition coefficient (Wildman–Crippen LogP) is 4.42. The number of rotatable bonds is 4. The van der Waals surface area contributed by atoms with Gasteiger partial charge in [0.1, 0.15) is 5.72 Å². The van der Waals surface area contributed by atoms with Crippen molar-refractivity contribution in [2.45, 2.75) is 77.5 Å². The molecule has 0 radical (unpaired) electrons. The molecule has 1 aromatic carbocycles. The molecule has 1 spiro atoms. The minimum absolute atomic E-state index is 0.0759. The van der Waals surface area contributed by atoms with Gasteiger partial charge in [0, 0.05) is 0 Å². The first kappa shape index (κ1) is 20.8. The van der Waals surface area contributed by atoms with Crippen molar-refractivity contribution < 1.29 is 19.4 Å². The van der Waals surface area contributed by atoms with Gasteiger partial charge in [-0.1, -0.05) is 58.0 Å². The van der Waals surface area contributed by atoms with E-state index in [2.05, 4.69) is 20.8 Å².